The number of aliphatic hydroxyl groups excluding tert-OH is 1. The molecule has 1 fully saturated rings. The summed E-state index contributed by atoms with van der Waals surface area (Å²) in [6.07, 6.45) is 3.27. The van der Waals surface area contributed by atoms with Gasteiger partial charge >= 0.3 is 6.03 Å². The molecule has 4 heteroatoms. The Labute approximate surface area is 114 Å². The smallest absolute Gasteiger partial charge is 0.317 e. The predicted octanol–water partition coefficient (Wildman–Crippen LogP) is 1.64. The van der Waals surface area contributed by atoms with Crippen LogP contribution in [0.25, 0.3) is 0 Å². The zero-order chi connectivity index (χ0) is 13.7. The van der Waals surface area contributed by atoms with Gasteiger partial charge in [-0.1, -0.05) is 30.3 Å². The zero-order valence-corrected chi connectivity index (χ0v) is 11.4. The van der Waals surface area contributed by atoms with Crippen molar-refractivity contribution in [3.8, 4) is 0 Å². The summed E-state index contributed by atoms with van der Waals surface area (Å²) in [5.41, 5.74) is 1.25. The fourth-order valence-electron chi connectivity index (χ4n) is 2.22. The van der Waals surface area contributed by atoms with E-state index >= 15 is 0 Å². The van der Waals surface area contributed by atoms with E-state index in [1.807, 2.05) is 18.2 Å². The van der Waals surface area contributed by atoms with Gasteiger partial charge in [0, 0.05) is 19.6 Å². The highest BCUT2D eigenvalue weighted by Crippen LogP contribution is 2.34. The maximum absolute atomic E-state index is 12.0. The van der Waals surface area contributed by atoms with Crippen LogP contribution < -0.4 is 5.32 Å². The molecule has 2 N–H and O–H groups in total. The maximum atomic E-state index is 12.0. The summed E-state index contributed by atoms with van der Waals surface area (Å²) in [5, 5.41) is 11.9. The van der Waals surface area contributed by atoms with Gasteiger partial charge in [-0.3, -0.25) is 0 Å². The van der Waals surface area contributed by atoms with Gasteiger partial charge in [-0.05, 0) is 30.7 Å². The number of aliphatic hydroxyl groups is 1. The van der Waals surface area contributed by atoms with Crippen LogP contribution in [0.4, 0.5) is 4.79 Å². The second-order valence-electron chi connectivity index (χ2n) is 5.23. The Morgan fingerprint density at radius 2 is 2.11 bits per heavy atom. The fourth-order valence-corrected chi connectivity index (χ4v) is 2.22. The number of amides is 2. The maximum Gasteiger partial charge on any atom is 0.317 e. The molecule has 1 aromatic rings. The molecule has 0 saturated heterocycles. The highest BCUT2D eigenvalue weighted by Gasteiger charge is 2.32. The van der Waals surface area contributed by atoms with Crippen LogP contribution in [-0.2, 0) is 6.42 Å². The molecule has 1 saturated carbocycles. The lowest BCUT2D eigenvalue weighted by atomic mass is 10.0. The quantitative estimate of drug-likeness (QED) is 0.819. The molecule has 0 bridgehead atoms. The highest BCUT2D eigenvalue weighted by molar-refractivity contribution is 5.74. The number of benzene rings is 1. The van der Waals surface area contributed by atoms with E-state index in [1.165, 1.54) is 23.3 Å². The molecule has 1 aliphatic rings. The summed E-state index contributed by atoms with van der Waals surface area (Å²) in [6.45, 7) is 0.366. The molecule has 104 valence electrons. The van der Waals surface area contributed by atoms with Gasteiger partial charge in [0.1, 0.15) is 0 Å². The minimum absolute atomic E-state index is 0.00327. The third-order valence-electron chi connectivity index (χ3n) is 3.58. The van der Waals surface area contributed by atoms with E-state index in [1.54, 1.807) is 7.05 Å². The number of carbonyl (C=O) groups excluding carboxylic acids is 1. The number of carbonyl (C=O) groups is 1. The van der Waals surface area contributed by atoms with Crippen LogP contribution >= 0.6 is 0 Å². The molecule has 1 unspecified atom stereocenters. The molecule has 19 heavy (non-hydrogen) atoms. The van der Waals surface area contributed by atoms with Crippen LogP contribution in [0, 0.1) is 5.92 Å². The topological polar surface area (TPSA) is 52.6 Å². The van der Waals surface area contributed by atoms with Gasteiger partial charge in [0.25, 0.3) is 0 Å². The molecule has 0 radical (unpaired) electrons. The van der Waals surface area contributed by atoms with E-state index in [4.69, 9.17) is 5.11 Å². The summed E-state index contributed by atoms with van der Waals surface area (Å²) in [4.78, 5) is 13.5. The van der Waals surface area contributed by atoms with Crippen molar-refractivity contribution in [1.82, 2.24) is 10.2 Å². The first-order valence-electron chi connectivity index (χ1n) is 6.87. The number of rotatable bonds is 6. The summed E-state index contributed by atoms with van der Waals surface area (Å²) in [6, 6.07) is 10.4. The molecule has 4 nitrogen and oxygen atoms in total. The molecule has 1 aromatic carbocycles. The second-order valence-corrected chi connectivity index (χ2v) is 5.23. The minimum Gasteiger partial charge on any atom is -0.395 e. The third kappa shape index (κ3) is 4.24. The number of hydrogen-bond acceptors (Lipinski definition) is 2. The lowest BCUT2D eigenvalue weighted by molar-refractivity contribution is 0.185. The summed E-state index contributed by atoms with van der Waals surface area (Å²) < 4.78 is 0. The Hall–Kier alpha value is -1.55. The predicted molar refractivity (Wildman–Crippen MR) is 74.9 cm³/mol. The van der Waals surface area contributed by atoms with Crippen molar-refractivity contribution in [2.75, 3.05) is 20.2 Å². The van der Waals surface area contributed by atoms with Crippen LogP contribution in [-0.4, -0.2) is 42.3 Å². The van der Waals surface area contributed by atoms with E-state index in [-0.39, 0.29) is 18.7 Å². The van der Waals surface area contributed by atoms with Gasteiger partial charge in [-0.15, -0.1) is 0 Å². The van der Waals surface area contributed by atoms with Gasteiger partial charge in [0.2, 0.25) is 0 Å². The zero-order valence-electron chi connectivity index (χ0n) is 11.4. The van der Waals surface area contributed by atoms with Crippen molar-refractivity contribution < 1.29 is 9.90 Å². The summed E-state index contributed by atoms with van der Waals surface area (Å²) in [5.74, 6) is 0.603. The number of nitrogens with one attached hydrogen (secondary N) is 1. The Morgan fingerprint density at radius 3 is 2.68 bits per heavy atom. The van der Waals surface area contributed by atoms with Crippen LogP contribution in [0.5, 0.6) is 0 Å². The minimum atomic E-state index is -0.0955. The summed E-state index contributed by atoms with van der Waals surface area (Å²) >= 11 is 0. The van der Waals surface area contributed by atoms with Crippen LogP contribution in [0.15, 0.2) is 30.3 Å². The Balaban J connectivity index is 1.91. The number of likely N-dealkylation sites (N-methyl/N-ethyl adjacent to an activating group) is 1. The molecule has 0 heterocycles. The number of hydrogen-bond donors (Lipinski definition) is 2. The third-order valence-corrected chi connectivity index (χ3v) is 3.58. The molecule has 0 spiro atoms. The second kappa shape index (κ2) is 6.57. The van der Waals surface area contributed by atoms with E-state index in [2.05, 4.69) is 17.4 Å². The first-order chi connectivity index (χ1) is 9.20. The largest absolute Gasteiger partial charge is 0.395 e. The van der Waals surface area contributed by atoms with Crippen molar-refractivity contribution in [2.24, 2.45) is 5.92 Å². The fraction of sp³-hybridized carbons (Fsp3) is 0.533. The lowest BCUT2D eigenvalue weighted by Gasteiger charge is -2.23. The molecule has 2 rings (SSSR count). The van der Waals surface area contributed by atoms with Gasteiger partial charge in [0.15, 0.2) is 0 Å². The van der Waals surface area contributed by atoms with Crippen LogP contribution in [0.1, 0.15) is 18.4 Å². The highest BCUT2D eigenvalue weighted by atomic mass is 16.3. The summed E-state index contributed by atoms with van der Waals surface area (Å²) in [7, 11) is 1.71. The first-order valence-corrected chi connectivity index (χ1v) is 6.87. The van der Waals surface area contributed by atoms with Crippen LogP contribution in [0.2, 0.25) is 0 Å². The van der Waals surface area contributed by atoms with Gasteiger partial charge in [-0.25, -0.2) is 4.79 Å². The average molecular weight is 262 g/mol. The number of nitrogens with zero attached hydrogens (tertiary/aromatic N) is 1. The lowest BCUT2D eigenvalue weighted by Crippen LogP contribution is -2.45. The Morgan fingerprint density at radius 1 is 1.42 bits per heavy atom. The van der Waals surface area contributed by atoms with E-state index < -0.39 is 0 Å². The number of urea groups is 1. The Bertz CT molecular complexity index is 404. The molecule has 1 atom stereocenters. The van der Waals surface area contributed by atoms with E-state index in [0.717, 1.165) is 6.42 Å². The average Bonchev–Trinajstić information content (AvgIpc) is 3.23. The standard InChI is InChI=1S/C15H22N2O2/c1-17(9-10-18)15(19)16-14(13-7-8-13)11-12-5-3-2-4-6-12/h2-6,13-14,18H,7-11H2,1H3,(H,16,19). The van der Waals surface area contributed by atoms with Gasteiger partial charge in [0.05, 0.1) is 6.61 Å². The van der Waals surface area contributed by atoms with Crippen molar-refractivity contribution in [2.45, 2.75) is 25.3 Å². The monoisotopic (exact) mass is 262 g/mol. The van der Waals surface area contributed by atoms with Gasteiger partial charge < -0.3 is 15.3 Å². The van der Waals surface area contributed by atoms with Crippen molar-refractivity contribution >= 4 is 6.03 Å². The molecule has 2 amide bonds. The normalized spacial score (nSPS) is 15.9. The molecule has 1 aliphatic carbocycles. The van der Waals surface area contributed by atoms with Gasteiger partial charge in [-0.2, -0.15) is 0 Å². The van der Waals surface area contributed by atoms with Crippen molar-refractivity contribution in [1.29, 1.82) is 0 Å². The van der Waals surface area contributed by atoms with E-state index in [0.29, 0.717) is 12.5 Å². The van der Waals surface area contributed by atoms with Crippen molar-refractivity contribution in [3.63, 3.8) is 0 Å². The molecular formula is C15H22N2O2. The van der Waals surface area contributed by atoms with E-state index in [9.17, 15) is 4.79 Å². The Kier molecular flexibility index (Phi) is 4.80. The molecule has 0 aromatic heterocycles. The van der Waals surface area contributed by atoms with Crippen molar-refractivity contribution in [3.05, 3.63) is 35.9 Å². The first kappa shape index (κ1) is 13.9. The SMILES string of the molecule is CN(CCO)C(=O)NC(Cc1ccccc1)C1CC1. The van der Waals surface area contributed by atoms with Crippen LogP contribution in [0.3, 0.4) is 0 Å². The molecule has 0 aliphatic heterocycles. The molecular weight excluding hydrogens is 240 g/mol.